The third kappa shape index (κ3) is 4.77. The standard InChI is InChI=1S/C17H25N3O3/c1-12(11-23-3)18-17(22)19-16(21)10-20-9-8-14-6-4-5-7-15(14)13(20)2/h4-7,12-13H,8-11H2,1-3H3,(H2,18,19,21,22). The van der Waals surface area contributed by atoms with E-state index >= 15 is 0 Å². The predicted molar refractivity (Wildman–Crippen MR) is 88.1 cm³/mol. The van der Waals surface area contributed by atoms with Gasteiger partial charge in [0.1, 0.15) is 0 Å². The van der Waals surface area contributed by atoms with Crippen LogP contribution in [0, 0.1) is 0 Å². The summed E-state index contributed by atoms with van der Waals surface area (Å²) in [5.41, 5.74) is 2.59. The molecule has 0 radical (unpaired) electrons. The summed E-state index contributed by atoms with van der Waals surface area (Å²) < 4.78 is 4.94. The molecule has 6 heteroatoms. The number of urea groups is 1. The lowest BCUT2D eigenvalue weighted by molar-refractivity contribution is -0.121. The summed E-state index contributed by atoms with van der Waals surface area (Å²) in [4.78, 5) is 25.9. The van der Waals surface area contributed by atoms with Gasteiger partial charge >= 0.3 is 6.03 Å². The zero-order valence-corrected chi connectivity index (χ0v) is 14.0. The van der Waals surface area contributed by atoms with Crippen LogP contribution in [-0.2, 0) is 16.0 Å². The number of imide groups is 1. The molecule has 2 unspecified atom stereocenters. The van der Waals surface area contributed by atoms with E-state index in [0.717, 1.165) is 13.0 Å². The summed E-state index contributed by atoms with van der Waals surface area (Å²) in [5.74, 6) is -0.293. The minimum Gasteiger partial charge on any atom is -0.383 e. The van der Waals surface area contributed by atoms with Crippen molar-refractivity contribution in [1.29, 1.82) is 0 Å². The first-order chi connectivity index (χ1) is 11.0. The fourth-order valence-corrected chi connectivity index (χ4v) is 2.94. The average Bonchev–Trinajstić information content (AvgIpc) is 2.50. The van der Waals surface area contributed by atoms with Gasteiger partial charge in [-0.3, -0.25) is 15.0 Å². The van der Waals surface area contributed by atoms with E-state index in [0.29, 0.717) is 6.61 Å². The van der Waals surface area contributed by atoms with E-state index < -0.39 is 6.03 Å². The molecule has 23 heavy (non-hydrogen) atoms. The van der Waals surface area contributed by atoms with E-state index in [1.165, 1.54) is 11.1 Å². The molecule has 0 fully saturated rings. The molecule has 1 heterocycles. The van der Waals surface area contributed by atoms with E-state index in [1.807, 2.05) is 19.1 Å². The Morgan fingerprint density at radius 1 is 1.39 bits per heavy atom. The molecule has 2 rings (SSSR count). The van der Waals surface area contributed by atoms with Gasteiger partial charge < -0.3 is 10.1 Å². The number of ether oxygens (including phenoxy) is 1. The van der Waals surface area contributed by atoms with Crippen molar-refractivity contribution >= 4 is 11.9 Å². The van der Waals surface area contributed by atoms with Crippen LogP contribution in [0.4, 0.5) is 4.79 Å². The second-order valence-corrected chi connectivity index (χ2v) is 5.97. The third-order valence-electron chi connectivity index (χ3n) is 4.12. The number of nitrogens with zero attached hydrogens (tertiary/aromatic N) is 1. The van der Waals surface area contributed by atoms with Gasteiger partial charge in [0.25, 0.3) is 0 Å². The van der Waals surface area contributed by atoms with Crippen LogP contribution in [0.3, 0.4) is 0 Å². The molecule has 1 aromatic rings. The first kappa shape index (κ1) is 17.4. The van der Waals surface area contributed by atoms with Crippen molar-refractivity contribution in [3.63, 3.8) is 0 Å². The second-order valence-electron chi connectivity index (χ2n) is 5.97. The minimum atomic E-state index is -0.482. The first-order valence-corrected chi connectivity index (χ1v) is 7.92. The van der Waals surface area contributed by atoms with E-state index in [-0.39, 0.29) is 24.5 Å². The largest absolute Gasteiger partial charge is 0.383 e. The highest BCUT2D eigenvalue weighted by molar-refractivity contribution is 5.95. The van der Waals surface area contributed by atoms with Crippen LogP contribution in [-0.4, -0.2) is 49.7 Å². The zero-order chi connectivity index (χ0) is 16.8. The smallest absolute Gasteiger partial charge is 0.321 e. The Labute approximate surface area is 137 Å². The van der Waals surface area contributed by atoms with Gasteiger partial charge in [-0.2, -0.15) is 0 Å². The van der Waals surface area contributed by atoms with Crippen LogP contribution in [0.25, 0.3) is 0 Å². The Balaban J connectivity index is 1.85. The predicted octanol–water partition coefficient (Wildman–Crippen LogP) is 1.47. The number of methoxy groups -OCH3 is 1. The SMILES string of the molecule is COCC(C)NC(=O)NC(=O)CN1CCc2ccccc2C1C. The van der Waals surface area contributed by atoms with E-state index in [1.54, 1.807) is 7.11 Å². The third-order valence-corrected chi connectivity index (χ3v) is 4.12. The molecule has 3 amide bonds. The summed E-state index contributed by atoms with van der Waals surface area (Å²) in [6.07, 6.45) is 0.921. The van der Waals surface area contributed by atoms with E-state index in [9.17, 15) is 9.59 Å². The van der Waals surface area contributed by atoms with Crippen LogP contribution in [0.5, 0.6) is 0 Å². The average molecular weight is 319 g/mol. The number of nitrogens with one attached hydrogen (secondary N) is 2. The molecule has 0 saturated carbocycles. The minimum absolute atomic E-state index is 0.145. The van der Waals surface area contributed by atoms with Crippen LogP contribution in [0.15, 0.2) is 24.3 Å². The number of benzene rings is 1. The summed E-state index contributed by atoms with van der Waals surface area (Å²) in [6.45, 7) is 5.33. The van der Waals surface area contributed by atoms with Crippen molar-refractivity contribution < 1.29 is 14.3 Å². The molecule has 1 aromatic carbocycles. The summed E-state index contributed by atoms with van der Waals surface area (Å²) in [6, 6.07) is 7.83. The molecule has 1 aliphatic rings. The lowest BCUT2D eigenvalue weighted by Gasteiger charge is -2.34. The lowest BCUT2D eigenvalue weighted by Crippen LogP contribution is -2.49. The molecule has 1 aliphatic heterocycles. The van der Waals surface area contributed by atoms with E-state index in [4.69, 9.17) is 4.74 Å². The summed E-state index contributed by atoms with van der Waals surface area (Å²) in [5, 5.41) is 5.04. The van der Waals surface area contributed by atoms with Crippen molar-refractivity contribution in [2.75, 3.05) is 26.8 Å². The number of hydrogen-bond donors (Lipinski definition) is 2. The van der Waals surface area contributed by atoms with Crippen molar-refractivity contribution in [3.05, 3.63) is 35.4 Å². The molecular formula is C17H25N3O3. The van der Waals surface area contributed by atoms with Crippen LogP contribution >= 0.6 is 0 Å². The fraction of sp³-hybridized carbons (Fsp3) is 0.529. The molecule has 0 saturated heterocycles. The molecule has 6 nitrogen and oxygen atoms in total. The molecule has 0 aromatic heterocycles. The second kappa shape index (κ2) is 8.08. The van der Waals surface area contributed by atoms with Crippen molar-refractivity contribution in [2.24, 2.45) is 0 Å². The highest BCUT2D eigenvalue weighted by atomic mass is 16.5. The Bertz CT molecular complexity index is 562. The molecule has 2 N–H and O–H groups in total. The van der Waals surface area contributed by atoms with Gasteiger partial charge in [0, 0.05) is 19.7 Å². The van der Waals surface area contributed by atoms with Gasteiger partial charge in [-0.15, -0.1) is 0 Å². The fourth-order valence-electron chi connectivity index (χ4n) is 2.94. The summed E-state index contributed by atoms with van der Waals surface area (Å²) in [7, 11) is 1.57. The number of amides is 3. The Morgan fingerprint density at radius 2 is 2.13 bits per heavy atom. The molecule has 0 aliphatic carbocycles. The number of hydrogen-bond acceptors (Lipinski definition) is 4. The molecule has 0 spiro atoms. The monoisotopic (exact) mass is 319 g/mol. The maximum absolute atomic E-state index is 12.1. The van der Waals surface area contributed by atoms with Crippen molar-refractivity contribution in [2.45, 2.75) is 32.4 Å². The van der Waals surface area contributed by atoms with Crippen LogP contribution in [0.2, 0.25) is 0 Å². The Morgan fingerprint density at radius 3 is 2.87 bits per heavy atom. The normalized spacial score (nSPS) is 18.8. The molecule has 126 valence electrons. The number of fused-ring (bicyclic) bond motifs is 1. The van der Waals surface area contributed by atoms with Crippen molar-refractivity contribution in [1.82, 2.24) is 15.5 Å². The quantitative estimate of drug-likeness (QED) is 0.862. The van der Waals surface area contributed by atoms with Gasteiger partial charge in [0.2, 0.25) is 5.91 Å². The van der Waals surface area contributed by atoms with Crippen molar-refractivity contribution in [3.8, 4) is 0 Å². The Hall–Kier alpha value is -1.92. The molecule has 0 bridgehead atoms. The Kier molecular flexibility index (Phi) is 6.12. The van der Waals surface area contributed by atoms with Gasteiger partial charge in [-0.25, -0.2) is 4.79 Å². The maximum Gasteiger partial charge on any atom is 0.321 e. The maximum atomic E-state index is 12.1. The van der Waals surface area contributed by atoms with E-state index in [2.05, 4.69) is 34.6 Å². The van der Waals surface area contributed by atoms with Crippen LogP contribution < -0.4 is 10.6 Å². The van der Waals surface area contributed by atoms with Gasteiger partial charge in [0.15, 0.2) is 0 Å². The highest BCUT2D eigenvalue weighted by Gasteiger charge is 2.25. The highest BCUT2D eigenvalue weighted by Crippen LogP contribution is 2.28. The number of carbonyl (C=O) groups is 2. The van der Waals surface area contributed by atoms with Gasteiger partial charge in [-0.05, 0) is 31.4 Å². The van der Waals surface area contributed by atoms with Gasteiger partial charge in [-0.1, -0.05) is 24.3 Å². The summed E-state index contributed by atoms with van der Waals surface area (Å²) >= 11 is 0. The lowest BCUT2D eigenvalue weighted by atomic mass is 9.94. The van der Waals surface area contributed by atoms with Crippen LogP contribution in [0.1, 0.15) is 31.0 Å². The molecule has 2 atom stereocenters. The zero-order valence-electron chi connectivity index (χ0n) is 14.0. The van der Waals surface area contributed by atoms with Gasteiger partial charge in [0.05, 0.1) is 19.2 Å². The molecular weight excluding hydrogens is 294 g/mol. The first-order valence-electron chi connectivity index (χ1n) is 7.92. The number of carbonyl (C=O) groups excluding carboxylic acids is 2. The topological polar surface area (TPSA) is 70.7 Å². The number of rotatable bonds is 5.